The average Bonchev–Trinajstić information content (AvgIpc) is 1.56. The van der Waals surface area contributed by atoms with E-state index in [9.17, 15) is 0 Å². The van der Waals surface area contributed by atoms with Gasteiger partial charge in [-0.15, -0.1) is 22.7 Å². The third-order valence-electron chi connectivity index (χ3n) is 19.6. The van der Waals surface area contributed by atoms with Crippen LogP contribution in [0.25, 0.3) is 173 Å². The molecule has 14 aromatic carbocycles. The predicted molar refractivity (Wildman–Crippen MR) is 397 cm³/mol. The molecule has 0 N–H and O–H groups in total. The van der Waals surface area contributed by atoms with E-state index in [4.69, 9.17) is 0 Å². The summed E-state index contributed by atoms with van der Waals surface area (Å²) in [5.74, 6) is 0.735. The van der Waals surface area contributed by atoms with E-state index in [-0.39, 0.29) is 5.41 Å². The van der Waals surface area contributed by atoms with Gasteiger partial charge in [0.25, 0.3) is 0 Å². The van der Waals surface area contributed by atoms with Gasteiger partial charge in [0.05, 0.1) is 22.1 Å². The molecule has 5 aromatic heterocycles. The summed E-state index contributed by atoms with van der Waals surface area (Å²) in [5, 5.41) is 15.5. The minimum atomic E-state index is -0.0491. The number of fused-ring (bicyclic) bond motifs is 23. The van der Waals surface area contributed by atoms with Crippen LogP contribution in [0, 0.1) is 0 Å². The number of nitrogens with zero attached hydrogens (tertiary/aromatic N) is 4. The SMILES string of the molecule is CC1(C)c2ccccc2-c2ccc(-c3ccc4c(c3)c3c5c6cc(-c7ccccc7)ccc6sc5c5ccccc5c3n4-c3ccccc3)cc21.c1ccc(-c2ccc3sc4c5ccccc5c5c(c6cc(-c7ncccn7)ccc6n5-c5ccccc5)c4c3c2)cc1. The lowest BCUT2D eigenvalue weighted by Crippen LogP contribution is -2.14. The topological polar surface area (TPSA) is 35.6 Å². The summed E-state index contributed by atoms with van der Waals surface area (Å²) in [7, 11) is 0. The molecule has 0 spiro atoms. The summed E-state index contributed by atoms with van der Waals surface area (Å²) in [5.41, 5.74) is 21.2. The molecule has 436 valence electrons. The van der Waals surface area contributed by atoms with Gasteiger partial charge in [0, 0.05) is 118 Å². The molecule has 6 heteroatoms. The molecule has 1 aliphatic carbocycles. The molecular weight excluding hydrogens is 1170 g/mol. The molecule has 0 saturated heterocycles. The summed E-state index contributed by atoms with van der Waals surface area (Å²) in [6.07, 6.45) is 3.62. The van der Waals surface area contributed by atoms with Crippen LogP contribution in [0.4, 0.5) is 0 Å². The van der Waals surface area contributed by atoms with Gasteiger partial charge in [-0.25, -0.2) is 9.97 Å². The van der Waals surface area contributed by atoms with E-state index in [0.717, 1.165) is 17.1 Å². The quantitative estimate of drug-likeness (QED) is 0.166. The zero-order valence-corrected chi connectivity index (χ0v) is 52.6. The van der Waals surface area contributed by atoms with E-state index in [1.807, 2.05) is 41.1 Å². The van der Waals surface area contributed by atoms with Crippen molar-refractivity contribution in [3.05, 3.63) is 315 Å². The lowest BCUT2D eigenvalue weighted by Gasteiger charge is -2.22. The maximum atomic E-state index is 4.58. The predicted octanol–water partition coefficient (Wildman–Crippen LogP) is 24.4. The molecule has 5 heterocycles. The second-order valence-electron chi connectivity index (χ2n) is 25.1. The largest absolute Gasteiger partial charge is 0.309 e. The van der Waals surface area contributed by atoms with Crippen LogP contribution >= 0.6 is 22.7 Å². The van der Waals surface area contributed by atoms with Crippen molar-refractivity contribution in [2.45, 2.75) is 19.3 Å². The zero-order chi connectivity index (χ0) is 61.5. The van der Waals surface area contributed by atoms with Gasteiger partial charge in [0.15, 0.2) is 5.82 Å². The highest BCUT2D eigenvalue weighted by Crippen LogP contribution is 2.53. The minimum Gasteiger partial charge on any atom is -0.309 e. The zero-order valence-electron chi connectivity index (χ0n) is 51.0. The van der Waals surface area contributed by atoms with Gasteiger partial charge in [-0.2, -0.15) is 0 Å². The van der Waals surface area contributed by atoms with Gasteiger partial charge in [-0.1, -0.05) is 214 Å². The molecule has 1 aliphatic rings. The first-order valence-corrected chi connectivity index (χ1v) is 33.5. The minimum absolute atomic E-state index is 0.0491. The van der Waals surface area contributed by atoms with Gasteiger partial charge in [-0.3, -0.25) is 0 Å². The van der Waals surface area contributed by atoms with Gasteiger partial charge in [-0.05, 0) is 147 Å². The van der Waals surface area contributed by atoms with E-state index in [1.54, 1.807) is 0 Å². The smallest absolute Gasteiger partial charge is 0.159 e. The van der Waals surface area contributed by atoms with Gasteiger partial charge >= 0.3 is 0 Å². The molecule has 93 heavy (non-hydrogen) atoms. The summed E-state index contributed by atoms with van der Waals surface area (Å²) >= 11 is 3.81. The summed E-state index contributed by atoms with van der Waals surface area (Å²) in [6, 6.07) is 107. The average molecular weight is 1220 g/mol. The molecule has 0 fully saturated rings. The molecule has 0 unspecified atom stereocenters. The number of benzene rings is 14. The highest BCUT2D eigenvalue weighted by Gasteiger charge is 2.35. The highest BCUT2D eigenvalue weighted by atomic mass is 32.1. The van der Waals surface area contributed by atoms with Crippen LogP contribution in [0.15, 0.2) is 304 Å². The Morgan fingerprint density at radius 3 is 1.23 bits per heavy atom. The van der Waals surface area contributed by atoms with Crippen LogP contribution in [-0.4, -0.2) is 19.1 Å². The standard InChI is InChI=1S/C49H33NS.C38H23N3S/c1-49(2)41-20-12-11-17-35(41)36-24-21-33(29-42(36)49)32-22-25-43-39(27-32)45-46-40-28-31(30-13-5-3-6-14-30)23-26-44(40)51-48(46)38-19-10-9-18-37(38)47(45)50(43)34-15-7-4-8-16-34;1-3-10-24(11-4-1)25-17-19-33-31(22-25)35-34-30-23-26(38-39-20-9-21-40-38)16-18-32(30)41(27-12-5-2-6-13-27)36(34)28-14-7-8-15-29(28)37(35)42-33/h3-29H,1-2H3;1-23H. The van der Waals surface area contributed by atoms with Crippen LogP contribution in [0.3, 0.4) is 0 Å². The van der Waals surface area contributed by atoms with E-state index < -0.39 is 0 Å². The maximum absolute atomic E-state index is 4.58. The van der Waals surface area contributed by atoms with Crippen molar-refractivity contribution >= 4 is 128 Å². The van der Waals surface area contributed by atoms with Crippen molar-refractivity contribution in [2.75, 3.05) is 0 Å². The van der Waals surface area contributed by atoms with Crippen LogP contribution in [0.5, 0.6) is 0 Å². The summed E-state index contributed by atoms with van der Waals surface area (Å²) in [4.78, 5) is 9.16. The van der Waals surface area contributed by atoms with Crippen molar-refractivity contribution in [3.8, 4) is 67.3 Å². The maximum Gasteiger partial charge on any atom is 0.159 e. The Labute approximate surface area is 544 Å². The second kappa shape index (κ2) is 20.9. The van der Waals surface area contributed by atoms with Crippen molar-refractivity contribution in [1.29, 1.82) is 0 Å². The molecule has 19 aromatic rings. The fourth-order valence-corrected chi connectivity index (χ4v) is 17.9. The van der Waals surface area contributed by atoms with Gasteiger partial charge in [0.1, 0.15) is 0 Å². The Bertz CT molecular complexity index is 6240. The fraction of sp³-hybridized carbons (Fsp3) is 0.0345. The van der Waals surface area contributed by atoms with Crippen LogP contribution in [-0.2, 0) is 5.41 Å². The van der Waals surface area contributed by atoms with E-state index >= 15 is 0 Å². The Morgan fingerprint density at radius 2 is 0.688 bits per heavy atom. The number of para-hydroxylation sites is 2. The number of hydrogen-bond acceptors (Lipinski definition) is 4. The Kier molecular flexibility index (Phi) is 12.0. The molecule has 0 atom stereocenters. The number of rotatable bonds is 6. The third kappa shape index (κ3) is 8.22. The first-order chi connectivity index (χ1) is 45.9. The van der Waals surface area contributed by atoms with Gasteiger partial charge < -0.3 is 9.13 Å². The molecule has 0 amide bonds. The van der Waals surface area contributed by atoms with E-state index in [0.29, 0.717) is 0 Å². The summed E-state index contributed by atoms with van der Waals surface area (Å²) in [6.45, 7) is 4.73. The Balaban J connectivity index is 0.000000135. The van der Waals surface area contributed by atoms with Crippen molar-refractivity contribution in [3.63, 3.8) is 0 Å². The van der Waals surface area contributed by atoms with Crippen molar-refractivity contribution in [2.24, 2.45) is 0 Å². The number of aromatic nitrogens is 4. The third-order valence-corrected chi connectivity index (χ3v) is 22.1. The first kappa shape index (κ1) is 53.5. The monoisotopic (exact) mass is 1220 g/mol. The van der Waals surface area contributed by atoms with Gasteiger partial charge in [0.2, 0.25) is 0 Å². The molecular formula is C87H56N4S2. The van der Waals surface area contributed by atoms with Crippen LogP contribution in [0.1, 0.15) is 25.0 Å². The molecule has 0 saturated carbocycles. The number of hydrogen-bond donors (Lipinski definition) is 0. The van der Waals surface area contributed by atoms with E-state index in [1.165, 1.54) is 167 Å². The van der Waals surface area contributed by atoms with Crippen LogP contribution in [0.2, 0.25) is 0 Å². The number of thiophene rings is 2. The van der Waals surface area contributed by atoms with Crippen LogP contribution < -0.4 is 0 Å². The summed E-state index contributed by atoms with van der Waals surface area (Å²) < 4.78 is 10.2. The Morgan fingerprint density at radius 1 is 0.290 bits per heavy atom. The highest BCUT2D eigenvalue weighted by molar-refractivity contribution is 7.27. The fourth-order valence-electron chi connectivity index (χ4n) is 15.4. The molecule has 20 rings (SSSR count). The van der Waals surface area contributed by atoms with Crippen molar-refractivity contribution in [1.82, 2.24) is 19.1 Å². The molecule has 0 bridgehead atoms. The first-order valence-electron chi connectivity index (χ1n) is 31.9. The second-order valence-corrected chi connectivity index (χ2v) is 27.2. The lowest BCUT2D eigenvalue weighted by molar-refractivity contribution is 0.660. The Hall–Kier alpha value is -11.3. The molecule has 4 nitrogen and oxygen atoms in total. The van der Waals surface area contributed by atoms with E-state index in [2.05, 4.69) is 318 Å². The normalized spacial score (nSPS) is 12.7. The lowest BCUT2D eigenvalue weighted by atomic mass is 9.81. The molecule has 0 radical (unpaired) electrons. The van der Waals surface area contributed by atoms with Crippen molar-refractivity contribution < 1.29 is 0 Å². The molecule has 0 aliphatic heterocycles.